The third kappa shape index (κ3) is 7.93. The Morgan fingerprint density at radius 3 is 2.42 bits per heavy atom. The van der Waals surface area contributed by atoms with E-state index in [-0.39, 0.29) is 22.6 Å². The number of piperidine rings is 2. The molecule has 1 atom stereocenters. The van der Waals surface area contributed by atoms with Gasteiger partial charge in [0.25, 0.3) is 5.91 Å². The summed E-state index contributed by atoms with van der Waals surface area (Å²) in [4.78, 5) is 42.9. The average Bonchev–Trinajstić information content (AvgIpc) is 3.07. The van der Waals surface area contributed by atoms with E-state index >= 15 is 0 Å². The van der Waals surface area contributed by atoms with Gasteiger partial charge < -0.3 is 19.5 Å². The zero-order valence-electron chi connectivity index (χ0n) is 26.2. The van der Waals surface area contributed by atoms with E-state index in [0.29, 0.717) is 24.4 Å². The summed E-state index contributed by atoms with van der Waals surface area (Å²) in [6, 6.07) is 18.6. The quantitative estimate of drug-likeness (QED) is 0.195. The number of likely N-dealkylation sites (tertiary alicyclic amines) is 1. The molecule has 0 aliphatic carbocycles. The number of para-hydroxylation sites is 1. The number of hydrogen-bond donors (Lipinski definition) is 1. The lowest BCUT2D eigenvalue weighted by molar-refractivity contribution is -0.137. The van der Waals surface area contributed by atoms with Gasteiger partial charge >= 0.3 is 6.18 Å². The Balaban J connectivity index is 1.19. The lowest BCUT2D eigenvalue weighted by atomic mass is 9.97. The van der Waals surface area contributed by atoms with Crippen LogP contribution in [0.15, 0.2) is 93.7 Å². The Hall–Kier alpha value is -4.57. The van der Waals surface area contributed by atoms with Crippen LogP contribution in [-0.2, 0) is 23.9 Å². The topological polar surface area (TPSA) is 82.9 Å². The van der Waals surface area contributed by atoms with Crippen LogP contribution in [0.1, 0.15) is 59.3 Å². The fourth-order valence-corrected chi connectivity index (χ4v) is 6.51. The summed E-state index contributed by atoms with van der Waals surface area (Å²) < 4.78 is 45.2. The molecule has 0 spiro atoms. The first kappa shape index (κ1) is 33.3. The van der Waals surface area contributed by atoms with Crippen molar-refractivity contribution in [2.45, 2.75) is 57.3 Å². The zero-order chi connectivity index (χ0) is 33.8. The Morgan fingerprint density at radius 2 is 1.69 bits per heavy atom. The number of carbonyl (C=O) groups excluding carboxylic acids is 2. The Kier molecular flexibility index (Phi) is 9.91. The van der Waals surface area contributed by atoms with Crippen LogP contribution >= 0.6 is 11.6 Å². The summed E-state index contributed by atoms with van der Waals surface area (Å²) in [5, 5.41) is 3.29. The smallest absolute Gasteiger partial charge is 0.416 e. The molecule has 3 aromatic carbocycles. The molecule has 2 aliphatic rings. The van der Waals surface area contributed by atoms with Crippen LogP contribution in [0.5, 0.6) is 0 Å². The monoisotopic (exact) mass is 677 g/mol. The van der Waals surface area contributed by atoms with E-state index in [1.165, 1.54) is 0 Å². The second-order valence-electron chi connectivity index (χ2n) is 12.3. The summed E-state index contributed by atoms with van der Waals surface area (Å²) in [6.07, 6.45) is 1.95. The minimum absolute atomic E-state index is 0.106. The first-order valence-corrected chi connectivity index (χ1v) is 16.4. The van der Waals surface area contributed by atoms with Gasteiger partial charge in [-0.1, -0.05) is 53.6 Å². The van der Waals surface area contributed by atoms with Crippen LogP contribution in [0.2, 0.25) is 5.02 Å². The highest BCUT2D eigenvalue weighted by Crippen LogP contribution is 2.31. The molecule has 250 valence electrons. The van der Waals surface area contributed by atoms with Gasteiger partial charge in [0.15, 0.2) is 11.2 Å². The van der Waals surface area contributed by atoms with Gasteiger partial charge in [0.2, 0.25) is 5.91 Å². The van der Waals surface area contributed by atoms with E-state index in [4.69, 9.17) is 16.0 Å². The molecule has 3 heterocycles. The molecule has 11 heteroatoms. The number of amides is 2. The molecule has 0 bridgehead atoms. The van der Waals surface area contributed by atoms with Gasteiger partial charge in [0, 0.05) is 49.4 Å². The zero-order valence-corrected chi connectivity index (χ0v) is 26.9. The van der Waals surface area contributed by atoms with Crippen molar-refractivity contribution in [1.82, 2.24) is 10.2 Å². The summed E-state index contributed by atoms with van der Waals surface area (Å²) in [5.74, 6) is -0.735. The van der Waals surface area contributed by atoms with Gasteiger partial charge in [-0.15, -0.1) is 0 Å². The number of nitrogens with one attached hydrogen (secondary N) is 1. The molecule has 0 saturated carbocycles. The number of alkyl halides is 3. The minimum Gasteiger partial charge on any atom is -0.451 e. The standard InChI is InChI=1S/C37H35ClF3N3O4/c38-28-11-8-24(9-12-28)19-29(42-36(47)34-22-32(45)30-21-27(37(39,40)41)10-13-33(30)48-34)20-25-14-17-43(18-15-25)31-6-2-1-5-26(31)23-44-16-4-3-7-35(44)46/h1-2,5-6,8-13,20-22,29H,3-4,7,14-19,23H2,(H,42,47). The SMILES string of the molecule is O=C(NC(C=C1CCN(c2ccccc2CN2CCCCC2=O)CC1)Cc1ccc(Cl)cc1)c1cc(=O)c2cc(C(F)(F)F)ccc2o1. The van der Waals surface area contributed by atoms with Crippen LogP contribution in [0.4, 0.5) is 18.9 Å². The number of nitrogens with zero attached hydrogens (tertiary/aromatic N) is 2. The fourth-order valence-electron chi connectivity index (χ4n) is 6.38. The van der Waals surface area contributed by atoms with Crippen LogP contribution in [0.3, 0.4) is 0 Å². The number of carbonyl (C=O) groups is 2. The lowest BCUT2D eigenvalue weighted by Gasteiger charge is -2.34. The first-order valence-electron chi connectivity index (χ1n) is 16.0. The van der Waals surface area contributed by atoms with Crippen LogP contribution in [0, 0.1) is 0 Å². The maximum Gasteiger partial charge on any atom is 0.416 e. The first-order chi connectivity index (χ1) is 23.0. The van der Waals surface area contributed by atoms with E-state index in [1.807, 2.05) is 35.2 Å². The molecule has 4 aromatic rings. The Morgan fingerprint density at radius 1 is 0.938 bits per heavy atom. The van der Waals surface area contributed by atoms with E-state index in [9.17, 15) is 27.6 Å². The summed E-state index contributed by atoms with van der Waals surface area (Å²) in [5.41, 5.74) is 2.52. The number of fused-ring (bicyclic) bond motifs is 1. The second-order valence-corrected chi connectivity index (χ2v) is 12.7. The molecule has 1 N–H and O–H groups in total. The molecule has 2 fully saturated rings. The van der Waals surface area contributed by atoms with Crippen molar-refractivity contribution >= 4 is 40.1 Å². The molecule has 48 heavy (non-hydrogen) atoms. The molecule has 2 amide bonds. The maximum atomic E-state index is 13.4. The third-order valence-electron chi connectivity index (χ3n) is 8.92. The number of halogens is 4. The van der Waals surface area contributed by atoms with Crippen molar-refractivity contribution in [2.24, 2.45) is 0 Å². The maximum absolute atomic E-state index is 13.4. The largest absolute Gasteiger partial charge is 0.451 e. The molecule has 6 rings (SSSR count). The van der Waals surface area contributed by atoms with E-state index in [0.717, 1.165) is 92.0 Å². The highest BCUT2D eigenvalue weighted by molar-refractivity contribution is 6.30. The molecular formula is C37H35ClF3N3O4. The number of anilines is 1. The fraction of sp³-hybridized carbons (Fsp3) is 0.324. The average molecular weight is 678 g/mol. The molecule has 2 aliphatic heterocycles. The van der Waals surface area contributed by atoms with E-state index in [1.54, 1.807) is 12.1 Å². The van der Waals surface area contributed by atoms with Crippen molar-refractivity contribution in [1.29, 1.82) is 0 Å². The lowest BCUT2D eigenvalue weighted by Crippen LogP contribution is -2.37. The minimum atomic E-state index is -4.62. The van der Waals surface area contributed by atoms with Crippen molar-refractivity contribution in [3.63, 3.8) is 0 Å². The predicted molar refractivity (Wildman–Crippen MR) is 179 cm³/mol. The van der Waals surface area contributed by atoms with Crippen molar-refractivity contribution in [3.8, 4) is 0 Å². The normalized spacial score (nSPS) is 16.2. The molecule has 1 unspecified atom stereocenters. The van der Waals surface area contributed by atoms with E-state index in [2.05, 4.69) is 22.3 Å². The summed E-state index contributed by atoms with van der Waals surface area (Å²) in [6.45, 7) is 2.90. The molecule has 7 nitrogen and oxygen atoms in total. The molecular weight excluding hydrogens is 643 g/mol. The summed E-state index contributed by atoms with van der Waals surface area (Å²) in [7, 11) is 0. The van der Waals surface area contributed by atoms with Gasteiger partial charge in [-0.25, -0.2) is 0 Å². The highest BCUT2D eigenvalue weighted by atomic mass is 35.5. The van der Waals surface area contributed by atoms with Crippen LogP contribution in [0.25, 0.3) is 11.0 Å². The number of rotatable bonds is 8. The van der Waals surface area contributed by atoms with Crippen molar-refractivity contribution < 1.29 is 27.2 Å². The van der Waals surface area contributed by atoms with Crippen LogP contribution < -0.4 is 15.6 Å². The highest BCUT2D eigenvalue weighted by Gasteiger charge is 2.31. The Labute approximate surface area is 281 Å². The van der Waals surface area contributed by atoms with Crippen LogP contribution in [-0.4, -0.2) is 42.4 Å². The van der Waals surface area contributed by atoms with Gasteiger partial charge in [0.05, 0.1) is 17.0 Å². The summed E-state index contributed by atoms with van der Waals surface area (Å²) >= 11 is 6.09. The third-order valence-corrected chi connectivity index (χ3v) is 9.17. The molecule has 1 aromatic heterocycles. The molecule has 2 saturated heterocycles. The van der Waals surface area contributed by atoms with Gasteiger partial charge in [-0.2, -0.15) is 13.2 Å². The Bertz CT molecular complexity index is 1890. The van der Waals surface area contributed by atoms with Crippen molar-refractivity contribution in [3.05, 3.63) is 122 Å². The van der Waals surface area contributed by atoms with E-state index < -0.39 is 29.1 Å². The number of benzene rings is 3. The number of hydrogen-bond acceptors (Lipinski definition) is 5. The van der Waals surface area contributed by atoms with Gasteiger partial charge in [0.1, 0.15) is 5.58 Å². The predicted octanol–water partition coefficient (Wildman–Crippen LogP) is 7.55. The van der Waals surface area contributed by atoms with Crippen molar-refractivity contribution in [2.75, 3.05) is 24.5 Å². The van der Waals surface area contributed by atoms with Gasteiger partial charge in [-0.3, -0.25) is 14.4 Å². The van der Waals surface area contributed by atoms with Gasteiger partial charge in [-0.05, 0) is 79.6 Å². The molecule has 0 radical (unpaired) electrons. The second kappa shape index (κ2) is 14.3.